The summed E-state index contributed by atoms with van der Waals surface area (Å²) in [6.07, 6.45) is 2.52. The van der Waals surface area contributed by atoms with Crippen molar-refractivity contribution in [3.63, 3.8) is 0 Å². The van der Waals surface area contributed by atoms with Crippen molar-refractivity contribution in [3.8, 4) is 0 Å². The zero-order valence-corrected chi connectivity index (χ0v) is 16.9. The Labute approximate surface area is 154 Å². The van der Waals surface area contributed by atoms with Crippen molar-refractivity contribution in [2.45, 2.75) is 45.7 Å². The molecule has 2 fully saturated rings. The van der Waals surface area contributed by atoms with Gasteiger partial charge in [-0.2, -0.15) is 0 Å². The molecule has 0 aromatic carbocycles. The highest BCUT2D eigenvalue weighted by Crippen LogP contribution is 2.19. The lowest BCUT2D eigenvalue weighted by Crippen LogP contribution is -2.48. The molecule has 6 nitrogen and oxygen atoms in total. The van der Waals surface area contributed by atoms with Crippen LogP contribution in [-0.4, -0.2) is 87.9 Å². The van der Waals surface area contributed by atoms with Crippen molar-refractivity contribution >= 4 is 5.96 Å². The number of rotatable bonds is 7. The lowest BCUT2D eigenvalue weighted by molar-refractivity contribution is 0.121. The van der Waals surface area contributed by atoms with Crippen LogP contribution in [-0.2, 0) is 4.74 Å². The average molecular weight is 354 g/mol. The number of nitrogens with one attached hydrogen (secondary N) is 2. The summed E-state index contributed by atoms with van der Waals surface area (Å²) < 4.78 is 5.18. The monoisotopic (exact) mass is 353 g/mol. The fraction of sp³-hybridized carbons (Fsp3) is 0.947. The Bertz CT molecular complexity index is 407. The Kier molecular flexibility index (Phi) is 8.46. The first-order valence-corrected chi connectivity index (χ1v) is 9.96. The average Bonchev–Trinajstić information content (AvgIpc) is 2.98. The molecule has 2 saturated heterocycles. The Morgan fingerprint density at radius 1 is 1.24 bits per heavy atom. The van der Waals surface area contributed by atoms with Crippen LogP contribution in [0.2, 0.25) is 0 Å². The molecule has 0 spiro atoms. The molecule has 2 aliphatic heterocycles. The van der Waals surface area contributed by atoms with Crippen LogP contribution in [0.3, 0.4) is 0 Å². The first-order chi connectivity index (χ1) is 12.0. The van der Waals surface area contributed by atoms with Crippen LogP contribution in [0.4, 0.5) is 0 Å². The molecule has 0 aromatic heterocycles. The van der Waals surface area contributed by atoms with Crippen LogP contribution in [0.5, 0.6) is 0 Å². The minimum atomic E-state index is 0.490. The summed E-state index contributed by atoms with van der Waals surface area (Å²) in [6, 6.07) is 1.11. The summed E-state index contributed by atoms with van der Waals surface area (Å²) in [6.45, 7) is 14.5. The van der Waals surface area contributed by atoms with E-state index in [2.05, 4.69) is 46.2 Å². The third-order valence-corrected chi connectivity index (χ3v) is 5.79. The number of piperidine rings is 1. The molecule has 2 rings (SSSR count). The van der Waals surface area contributed by atoms with Crippen LogP contribution in [0.25, 0.3) is 0 Å². The molecule has 0 aliphatic carbocycles. The highest BCUT2D eigenvalue weighted by molar-refractivity contribution is 5.80. The van der Waals surface area contributed by atoms with E-state index in [0.717, 1.165) is 38.1 Å². The number of hydrogen-bond acceptors (Lipinski definition) is 4. The van der Waals surface area contributed by atoms with E-state index in [1.165, 1.54) is 32.5 Å². The Morgan fingerprint density at radius 2 is 1.96 bits per heavy atom. The van der Waals surface area contributed by atoms with E-state index < -0.39 is 0 Å². The Hall–Kier alpha value is -0.850. The van der Waals surface area contributed by atoms with Gasteiger partial charge in [-0.05, 0) is 51.6 Å². The lowest BCUT2D eigenvalue weighted by Gasteiger charge is -2.32. The molecule has 0 amide bonds. The van der Waals surface area contributed by atoms with Gasteiger partial charge in [0.25, 0.3) is 0 Å². The van der Waals surface area contributed by atoms with E-state index in [-0.39, 0.29) is 0 Å². The maximum absolute atomic E-state index is 5.18. The molecule has 2 aliphatic rings. The van der Waals surface area contributed by atoms with Gasteiger partial charge < -0.3 is 20.3 Å². The van der Waals surface area contributed by atoms with E-state index in [9.17, 15) is 0 Å². The predicted octanol–water partition coefficient (Wildman–Crippen LogP) is 1.24. The number of ether oxygens (including phenoxy) is 1. The van der Waals surface area contributed by atoms with Gasteiger partial charge in [0, 0.05) is 52.4 Å². The molecule has 0 aromatic rings. The molecular formula is C19H39N5O. The van der Waals surface area contributed by atoms with Crippen molar-refractivity contribution in [3.05, 3.63) is 0 Å². The second-order valence-corrected chi connectivity index (χ2v) is 8.01. The van der Waals surface area contributed by atoms with E-state index in [1.807, 2.05) is 7.05 Å². The SMILES string of the molecule is CN=C(NCC1CCN(CCOC)CC1)NC1CN(C(C)C)CC1C. The third-order valence-electron chi connectivity index (χ3n) is 5.79. The number of methoxy groups -OCH3 is 1. The van der Waals surface area contributed by atoms with Gasteiger partial charge in [-0.15, -0.1) is 0 Å². The van der Waals surface area contributed by atoms with Crippen LogP contribution in [0, 0.1) is 11.8 Å². The molecule has 6 heteroatoms. The van der Waals surface area contributed by atoms with Crippen molar-refractivity contribution in [1.29, 1.82) is 0 Å². The van der Waals surface area contributed by atoms with Crippen molar-refractivity contribution in [2.75, 3.05) is 60.0 Å². The minimum absolute atomic E-state index is 0.490. The van der Waals surface area contributed by atoms with Crippen LogP contribution >= 0.6 is 0 Å². The fourth-order valence-electron chi connectivity index (χ4n) is 3.86. The van der Waals surface area contributed by atoms with Crippen molar-refractivity contribution in [1.82, 2.24) is 20.4 Å². The molecule has 2 unspecified atom stereocenters. The van der Waals surface area contributed by atoms with Gasteiger partial charge >= 0.3 is 0 Å². The first-order valence-electron chi connectivity index (χ1n) is 9.96. The topological polar surface area (TPSA) is 52.1 Å². The molecule has 2 N–H and O–H groups in total. The summed E-state index contributed by atoms with van der Waals surface area (Å²) in [5, 5.41) is 7.21. The first kappa shape index (κ1) is 20.5. The summed E-state index contributed by atoms with van der Waals surface area (Å²) in [5.41, 5.74) is 0. The van der Waals surface area contributed by atoms with Gasteiger partial charge in [-0.25, -0.2) is 0 Å². The molecule has 146 valence electrons. The molecule has 0 saturated carbocycles. The Balaban J connectivity index is 1.69. The second-order valence-electron chi connectivity index (χ2n) is 8.01. The van der Waals surface area contributed by atoms with Gasteiger partial charge in [0.1, 0.15) is 0 Å². The fourth-order valence-corrected chi connectivity index (χ4v) is 3.86. The largest absolute Gasteiger partial charge is 0.383 e. The van der Waals surface area contributed by atoms with Gasteiger partial charge in [0.15, 0.2) is 5.96 Å². The van der Waals surface area contributed by atoms with E-state index in [4.69, 9.17) is 4.74 Å². The van der Waals surface area contributed by atoms with E-state index in [0.29, 0.717) is 18.0 Å². The molecule has 2 atom stereocenters. The van der Waals surface area contributed by atoms with Gasteiger partial charge in [-0.3, -0.25) is 9.89 Å². The van der Waals surface area contributed by atoms with Gasteiger partial charge in [0.2, 0.25) is 0 Å². The third kappa shape index (κ3) is 6.42. The zero-order chi connectivity index (χ0) is 18.2. The number of aliphatic imine (C=N–C) groups is 1. The summed E-state index contributed by atoms with van der Waals surface area (Å²) in [4.78, 5) is 9.50. The van der Waals surface area contributed by atoms with Gasteiger partial charge in [-0.1, -0.05) is 6.92 Å². The Morgan fingerprint density at radius 3 is 2.52 bits per heavy atom. The lowest BCUT2D eigenvalue weighted by atomic mass is 9.97. The highest BCUT2D eigenvalue weighted by Gasteiger charge is 2.31. The van der Waals surface area contributed by atoms with Crippen LogP contribution in [0.1, 0.15) is 33.6 Å². The zero-order valence-electron chi connectivity index (χ0n) is 16.9. The molecule has 0 radical (unpaired) electrons. The smallest absolute Gasteiger partial charge is 0.191 e. The standard InChI is InChI=1S/C19H39N5O/c1-15(2)24-13-16(3)18(14-24)22-19(20-4)21-12-17-6-8-23(9-7-17)10-11-25-5/h15-18H,6-14H2,1-5H3,(H2,20,21,22). The van der Waals surface area contributed by atoms with Crippen molar-refractivity contribution in [2.24, 2.45) is 16.8 Å². The molecule has 2 heterocycles. The van der Waals surface area contributed by atoms with E-state index in [1.54, 1.807) is 7.11 Å². The number of guanidine groups is 1. The summed E-state index contributed by atoms with van der Waals surface area (Å²) >= 11 is 0. The summed E-state index contributed by atoms with van der Waals surface area (Å²) in [7, 11) is 3.66. The van der Waals surface area contributed by atoms with Crippen molar-refractivity contribution < 1.29 is 4.74 Å². The summed E-state index contributed by atoms with van der Waals surface area (Å²) in [5.74, 6) is 2.36. The normalized spacial score (nSPS) is 27.2. The molecule has 25 heavy (non-hydrogen) atoms. The van der Waals surface area contributed by atoms with E-state index >= 15 is 0 Å². The second kappa shape index (κ2) is 10.3. The number of likely N-dealkylation sites (tertiary alicyclic amines) is 2. The molecular weight excluding hydrogens is 314 g/mol. The van der Waals surface area contributed by atoms with Crippen LogP contribution < -0.4 is 10.6 Å². The number of hydrogen-bond donors (Lipinski definition) is 2. The maximum atomic E-state index is 5.18. The van der Waals surface area contributed by atoms with Gasteiger partial charge in [0.05, 0.1) is 6.61 Å². The molecule has 0 bridgehead atoms. The quantitative estimate of drug-likeness (QED) is 0.533. The maximum Gasteiger partial charge on any atom is 0.191 e. The minimum Gasteiger partial charge on any atom is -0.383 e. The predicted molar refractivity (Wildman–Crippen MR) is 105 cm³/mol. The van der Waals surface area contributed by atoms with Crippen LogP contribution in [0.15, 0.2) is 4.99 Å². The number of nitrogens with zero attached hydrogens (tertiary/aromatic N) is 3. The highest BCUT2D eigenvalue weighted by atomic mass is 16.5.